The highest BCUT2D eigenvalue weighted by atomic mass is 16.6. The van der Waals surface area contributed by atoms with Crippen LogP contribution in [0, 0.1) is 0 Å². The fraction of sp³-hybridized carbons (Fsp3) is 0.167. The second-order valence-corrected chi connectivity index (χ2v) is 5.53. The number of hydrogen-bond donors (Lipinski definition) is 3. The van der Waals surface area contributed by atoms with E-state index in [0.717, 1.165) is 0 Å². The number of phenolic OH excluding ortho intramolecular Hbond substituents is 1. The number of ether oxygens (including phenoxy) is 3. The van der Waals surface area contributed by atoms with Gasteiger partial charge in [-0.3, -0.25) is 20.4 Å². The number of amides is 2. The maximum atomic E-state index is 12.0. The number of nitrogens with one attached hydrogen (secondary N) is 2. The van der Waals surface area contributed by atoms with Gasteiger partial charge in [-0.25, -0.2) is 4.79 Å². The zero-order chi connectivity index (χ0) is 19.2. The summed E-state index contributed by atoms with van der Waals surface area (Å²) in [5.74, 6) is -1.28. The molecule has 1 aliphatic heterocycles. The Balaban J connectivity index is 1.43. The number of rotatable bonds is 4. The summed E-state index contributed by atoms with van der Waals surface area (Å²) >= 11 is 0. The third-order valence-electron chi connectivity index (χ3n) is 3.54. The Hall–Kier alpha value is -3.75. The molecule has 0 saturated heterocycles. The molecule has 0 unspecified atom stereocenters. The van der Waals surface area contributed by atoms with E-state index in [1.165, 1.54) is 24.3 Å². The number of carbonyl (C=O) groups excluding carboxylic acids is 3. The first kappa shape index (κ1) is 18.1. The Morgan fingerprint density at radius 2 is 1.85 bits per heavy atom. The van der Waals surface area contributed by atoms with E-state index in [1.807, 2.05) is 0 Å². The first-order valence-electron chi connectivity index (χ1n) is 7.96. The SMILES string of the molecule is O=C(COC(=O)c1cccc(O)c1)NNC(=O)[C@@H]1COc2ccccc2O1. The minimum Gasteiger partial charge on any atom is -0.508 e. The predicted molar refractivity (Wildman–Crippen MR) is 91.0 cm³/mol. The fourth-order valence-electron chi connectivity index (χ4n) is 2.24. The van der Waals surface area contributed by atoms with Gasteiger partial charge in [0.15, 0.2) is 18.1 Å². The van der Waals surface area contributed by atoms with E-state index in [1.54, 1.807) is 24.3 Å². The van der Waals surface area contributed by atoms with E-state index in [9.17, 15) is 19.5 Å². The van der Waals surface area contributed by atoms with Gasteiger partial charge in [-0.15, -0.1) is 0 Å². The van der Waals surface area contributed by atoms with Gasteiger partial charge >= 0.3 is 5.97 Å². The van der Waals surface area contributed by atoms with E-state index in [2.05, 4.69) is 10.9 Å². The second-order valence-electron chi connectivity index (χ2n) is 5.53. The maximum absolute atomic E-state index is 12.0. The quantitative estimate of drug-likeness (QED) is 0.529. The van der Waals surface area contributed by atoms with Crippen molar-refractivity contribution in [3.8, 4) is 17.2 Å². The van der Waals surface area contributed by atoms with Crippen molar-refractivity contribution in [2.75, 3.05) is 13.2 Å². The average Bonchev–Trinajstić information content (AvgIpc) is 2.69. The molecule has 2 aromatic rings. The summed E-state index contributed by atoms with van der Waals surface area (Å²) in [6.45, 7) is -0.620. The number of esters is 1. The lowest BCUT2D eigenvalue weighted by Crippen LogP contribution is -2.51. The lowest BCUT2D eigenvalue weighted by Gasteiger charge is -2.25. The van der Waals surface area contributed by atoms with Crippen LogP contribution >= 0.6 is 0 Å². The Morgan fingerprint density at radius 3 is 2.63 bits per heavy atom. The molecule has 9 nitrogen and oxygen atoms in total. The second kappa shape index (κ2) is 8.09. The molecule has 27 heavy (non-hydrogen) atoms. The number of phenols is 1. The summed E-state index contributed by atoms with van der Waals surface area (Å²) in [6.07, 6.45) is -0.935. The number of hydrazine groups is 1. The van der Waals surface area contributed by atoms with Gasteiger partial charge in [0.05, 0.1) is 5.56 Å². The van der Waals surface area contributed by atoms with E-state index in [-0.39, 0.29) is 17.9 Å². The van der Waals surface area contributed by atoms with E-state index in [0.29, 0.717) is 11.5 Å². The van der Waals surface area contributed by atoms with Crippen LogP contribution in [0.5, 0.6) is 17.2 Å². The molecule has 1 heterocycles. The summed E-state index contributed by atoms with van der Waals surface area (Å²) in [7, 11) is 0. The maximum Gasteiger partial charge on any atom is 0.338 e. The zero-order valence-electron chi connectivity index (χ0n) is 14.0. The Bertz CT molecular complexity index is 868. The fourth-order valence-corrected chi connectivity index (χ4v) is 2.24. The molecule has 0 radical (unpaired) electrons. The van der Waals surface area contributed by atoms with Crippen molar-refractivity contribution in [2.45, 2.75) is 6.10 Å². The minimum absolute atomic E-state index is 0.00873. The van der Waals surface area contributed by atoms with Crippen molar-refractivity contribution in [3.63, 3.8) is 0 Å². The molecule has 1 aliphatic rings. The first-order valence-corrected chi connectivity index (χ1v) is 7.96. The van der Waals surface area contributed by atoms with Crippen LogP contribution in [0.4, 0.5) is 0 Å². The van der Waals surface area contributed by atoms with Crippen molar-refractivity contribution in [1.29, 1.82) is 0 Å². The van der Waals surface area contributed by atoms with Gasteiger partial charge in [-0.2, -0.15) is 0 Å². The number of hydrogen-bond acceptors (Lipinski definition) is 7. The largest absolute Gasteiger partial charge is 0.508 e. The summed E-state index contributed by atoms with van der Waals surface area (Å²) in [5.41, 5.74) is 4.40. The molecule has 1 atom stereocenters. The normalized spacial score (nSPS) is 14.7. The molecule has 3 N–H and O–H groups in total. The predicted octanol–water partition coefficient (Wildman–Crippen LogP) is 0.536. The number of aromatic hydroxyl groups is 1. The Morgan fingerprint density at radius 1 is 1.07 bits per heavy atom. The smallest absolute Gasteiger partial charge is 0.338 e. The van der Waals surface area contributed by atoms with Crippen LogP contribution in [0.25, 0.3) is 0 Å². The van der Waals surface area contributed by atoms with Crippen LogP contribution in [-0.2, 0) is 14.3 Å². The van der Waals surface area contributed by atoms with Gasteiger partial charge in [0.2, 0.25) is 6.10 Å². The molecule has 140 valence electrons. The molecule has 0 fully saturated rings. The summed E-state index contributed by atoms with van der Waals surface area (Å²) in [5, 5.41) is 9.31. The molecule has 0 aliphatic carbocycles. The van der Waals surface area contributed by atoms with Gasteiger partial charge < -0.3 is 19.3 Å². The van der Waals surface area contributed by atoms with Crippen LogP contribution in [0.2, 0.25) is 0 Å². The molecular formula is C18H16N2O7. The van der Waals surface area contributed by atoms with Crippen molar-refractivity contribution in [1.82, 2.24) is 10.9 Å². The van der Waals surface area contributed by atoms with Gasteiger partial charge in [-0.05, 0) is 30.3 Å². The van der Waals surface area contributed by atoms with E-state index in [4.69, 9.17) is 14.2 Å². The highest BCUT2D eigenvalue weighted by Crippen LogP contribution is 2.30. The standard InChI is InChI=1S/C18H16N2O7/c21-12-5-3-4-11(8-12)18(24)26-10-16(22)19-20-17(23)15-9-25-13-6-1-2-7-14(13)27-15/h1-8,15,21H,9-10H2,(H,19,22)(H,20,23)/t15-/m0/s1. The Kier molecular flexibility index (Phi) is 5.41. The summed E-state index contributed by atoms with van der Waals surface area (Å²) in [4.78, 5) is 35.5. The molecule has 0 aromatic heterocycles. The average molecular weight is 372 g/mol. The molecular weight excluding hydrogens is 356 g/mol. The van der Waals surface area contributed by atoms with Crippen molar-refractivity contribution >= 4 is 17.8 Å². The number of benzene rings is 2. The van der Waals surface area contributed by atoms with Crippen LogP contribution in [0.15, 0.2) is 48.5 Å². The van der Waals surface area contributed by atoms with Crippen molar-refractivity contribution in [2.24, 2.45) is 0 Å². The molecule has 0 spiro atoms. The Labute approximate surface area is 153 Å². The molecule has 0 saturated carbocycles. The third-order valence-corrected chi connectivity index (χ3v) is 3.54. The van der Waals surface area contributed by atoms with E-state index < -0.39 is 30.5 Å². The molecule has 0 bridgehead atoms. The van der Waals surface area contributed by atoms with Crippen molar-refractivity contribution < 1.29 is 33.7 Å². The lowest BCUT2D eigenvalue weighted by molar-refractivity contribution is -0.135. The number of fused-ring (bicyclic) bond motifs is 1. The summed E-state index contributed by atoms with van der Waals surface area (Å²) in [6, 6.07) is 12.4. The van der Waals surface area contributed by atoms with E-state index >= 15 is 0 Å². The lowest BCUT2D eigenvalue weighted by atomic mass is 10.2. The summed E-state index contributed by atoms with van der Waals surface area (Å²) < 4.78 is 15.7. The molecule has 3 rings (SSSR count). The highest BCUT2D eigenvalue weighted by molar-refractivity contribution is 5.92. The third kappa shape index (κ3) is 4.66. The van der Waals surface area contributed by atoms with Crippen LogP contribution in [-0.4, -0.2) is 42.2 Å². The molecule has 9 heteroatoms. The van der Waals surface area contributed by atoms with Crippen molar-refractivity contribution in [3.05, 3.63) is 54.1 Å². The molecule has 2 amide bonds. The number of para-hydroxylation sites is 2. The van der Waals surface area contributed by atoms with Crippen LogP contribution in [0.1, 0.15) is 10.4 Å². The topological polar surface area (TPSA) is 123 Å². The highest BCUT2D eigenvalue weighted by Gasteiger charge is 2.27. The van der Waals surface area contributed by atoms with Crippen LogP contribution in [0.3, 0.4) is 0 Å². The first-order chi connectivity index (χ1) is 13.0. The van der Waals surface area contributed by atoms with Gasteiger partial charge in [0, 0.05) is 0 Å². The zero-order valence-corrected chi connectivity index (χ0v) is 14.0. The number of carbonyl (C=O) groups is 3. The molecule has 2 aromatic carbocycles. The minimum atomic E-state index is -0.935. The van der Waals surface area contributed by atoms with Gasteiger partial charge in [-0.1, -0.05) is 18.2 Å². The monoisotopic (exact) mass is 372 g/mol. The van der Waals surface area contributed by atoms with Gasteiger partial charge in [0.25, 0.3) is 11.8 Å². The van der Waals surface area contributed by atoms with Crippen LogP contribution < -0.4 is 20.3 Å². The van der Waals surface area contributed by atoms with Gasteiger partial charge in [0.1, 0.15) is 12.4 Å².